The molecule has 2 rings (SSSR count). The molecule has 0 aromatic heterocycles. The highest BCUT2D eigenvalue weighted by Crippen LogP contribution is 2.20. The number of hydrogen-bond donors (Lipinski definition) is 1. The van der Waals surface area contributed by atoms with Crippen molar-refractivity contribution in [3.63, 3.8) is 0 Å². The van der Waals surface area contributed by atoms with Crippen LogP contribution in [0.2, 0.25) is 0 Å². The highest BCUT2D eigenvalue weighted by Gasteiger charge is 2.16. The molecule has 1 aromatic carbocycles. The molecule has 21 heavy (non-hydrogen) atoms. The van der Waals surface area contributed by atoms with E-state index >= 15 is 0 Å². The third kappa shape index (κ3) is 4.46. The van der Waals surface area contributed by atoms with Crippen LogP contribution in [0.1, 0.15) is 44.2 Å². The van der Waals surface area contributed by atoms with Gasteiger partial charge in [-0.15, -0.1) is 0 Å². The number of carbonyl (C=O) groups excluding carboxylic acids is 1. The van der Waals surface area contributed by atoms with E-state index in [4.69, 9.17) is 4.74 Å². The summed E-state index contributed by atoms with van der Waals surface area (Å²) < 4.78 is 5.61. The Morgan fingerprint density at radius 2 is 1.90 bits per heavy atom. The van der Waals surface area contributed by atoms with Crippen molar-refractivity contribution in [2.24, 2.45) is 0 Å². The molecule has 1 atom stereocenters. The molecule has 4 nitrogen and oxygen atoms in total. The summed E-state index contributed by atoms with van der Waals surface area (Å²) in [6.45, 7) is 4.05. The van der Waals surface area contributed by atoms with E-state index in [9.17, 15) is 4.79 Å². The van der Waals surface area contributed by atoms with Crippen molar-refractivity contribution in [1.29, 1.82) is 0 Å². The van der Waals surface area contributed by atoms with Crippen LogP contribution in [-0.2, 0) is 4.79 Å². The second kappa shape index (κ2) is 8.03. The molecular weight excluding hydrogens is 264 g/mol. The fourth-order valence-corrected chi connectivity index (χ4v) is 2.78. The molecule has 1 N–H and O–H groups in total. The molecule has 1 aliphatic rings. The van der Waals surface area contributed by atoms with Crippen LogP contribution in [0.15, 0.2) is 24.3 Å². The largest absolute Gasteiger partial charge is 0.484 e. The quantitative estimate of drug-likeness (QED) is 0.876. The first-order valence-electron chi connectivity index (χ1n) is 7.92. The minimum Gasteiger partial charge on any atom is -0.484 e. The standard InChI is InChI=1S/C17H26N2O2/c1-3-16(18-2)14-7-9-15(10-8-14)21-13-17(20)19-11-5-4-6-12-19/h7-10,16,18H,3-6,11-13H2,1-2H3. The van der Waals surface area contributed by atoms with Crippen LogP contribution < -0.4 is 10.1 Å². The molecule has 1 saturated heterocycles. The monoisotopic (exact) mass is 290 g/mol. The maximum atomic E-state index is 12.0. The number of carbonyl (C=O) groups is 1. The summed E-state index contributed by atoms with van der Waals surface area (Å²) in [6.07, 6.45) is 4.51. The number of nitrogens with zero attached hydrogens (tertiary/aromatic N) is 1. The normalized spacial score (nSPS) is 16.6. The van der Waals surface area contributed by atoms with E-state index < -0.39 is 0 Å². The summed E-state index contributed by atoms with van der Waals surface area (Å²) in [5.41, 5.74) is 1.25. The molecular formula is C17H26N2O2. The zero-order chi connectivity index (χ0) is 15.1. The van der Waals surface area contributed by atoms with E-state index in [0.717, 1.165) is 38.1 Å². The molecule has 1 aromatic rings. The first kappa shape index (κ1) is 15.8. The number of ether oxygens (including phenoxy) is 1. The third-order valence-corrected chi connectivity index (χ3v) is 4.11. The molecule has 1 amide bonds. The Labute approximate surface area is 127 Å². The fourth-order valence-electron chi connectivity index (χ4n) is 2.78. The van der Waals surface area contributed by atoms with Gasteiger partial charge in [-0.05, 0) is 50.4 Å². The Bertz CT molecular complexity index is 435. The highest BCUT2D eigenvalue weighted by molar-refractivity contribution is 5.77. The van der Waals surface area contributed by atoms with Gasteiger partial charge in [0.2, 0.25) is 0 Å². The lowest BCUT2D eigenvalue weighted by Crippen LogP contribution is -2.38. The zero-order valence-corrected chi connectivity index (χ0v) is 13.1. The average Bonchev–Trinajstić information content (AvgIpc) is 2.55. The van der Waals surface area contributed by atoms with E-state index in [1.807, 2.05) is 24.1 Å². The first-order valence-corrected chi connectivity index (χ1v) is 7.92. The maximum Gasteiger partial charge on any atom is 0.260 e. The van der Waals surface area contributed by atoms with Gasteiger partial charge in [-0.2, -0.15) is 0 Å². The summed E-state index contributed by atoms with van der Waals surface area (Å²) >= 11 is 0. The van der Waals surface area contributed by atoms with Crippen molar-refractivity contribution >= 4 is 5.91 Å². The summed E-state index contributed by atoms with van der Waals surface area (Å²) in [5.74, 6) is 0.857. The number of piperidine rings is 1. The van der Waals surface area contributed by atoms with Gasteiger partial charge in [0.15, 0.2) is 6.61 Å². The van der Waals surface area contributed by atoms with Gasteiger partial charge in [-0.3, -0.25) is 4.79 Å². The highest BCUT2D eigenvalue weighted by atomic mass is 16.5. The van der Waals surface area contributed by atoms with Crippen LogP contribution in [-0.4, -0.2) is 37.6 Å². The van der Waals surface area contributed by atoms with Gasteiger partial charge in [-0.25, -0.2) is 0 Å². The number of benzene rings is 1. The van der Waals surface area contributed by atoms with Crippen LogP contribution >= 0.6 is 0 Å². The molecule has 1 fully saturated rings. The summed E-state index contributed by atoms with van der Waals surface area (Å²) in [6, 6.07) is 8.38. The molecule has 1 heterocycles. The number of rotatable bonds is 6. The second-order valence-electron chi connectivity index (χ2n) is 5.55. The Kier molecular flexibility index (Phi) is 6.05. The minimum absolute atomic E-state index is 0.0976. The molecule has 116 valence electrons. The molecule has 4 heteroatoms. The van der Waals surface area contributed by atoms with E-state index in [1.165, 1.54) is 12.0 Å². The molecule has 1 unspecified atom stereocenters. The van der Waals surface area contributed by atoms with E-state index in [0.29, 0.717) is 6.04 Å². The SMILES string of the molecule is CCC(NC)c1ccc(OCC(=O)N2CCCCC2)cc1. The second-order valence-corrected chi connectivity index (χ2v) is 5.55. The van der Waals surface area contributed by atoms with Crippen molar-refractivity contribution in [3.8, 4) is 5.75 Å². The number of hydrogen-bond acceptors (Lipinski definition) is 3. The van der Waals surface area contributed by atoms with Gasteiger partial charge >= 0.3 is 0 Å². The smallest absolute Gasteiger partial charge is 0.260 e. The van der Waals surface area contributed by atoms with E-state index in [1.54, 1.807) is 0 Å². The Balaban J connectivity index is 1.84. The first-order chi connectivity index (χ1) is 10.2. The molecule has 0 radical (unpaired) electrons. The van der Waals surface area contributed by atoms with Crippen molar-refractivity contribution in [3.05, 3.63) is 29.8 Å². The molecule has 0 saturated carbocycles. The van der Waals surface area contributed by atoms with Crippen molar-refractivity contribution in [2.45, 2.75) is 38.6 Å². The number of nitrogens with one attached hydrogen (secondary N) is 1. The van der Waals surface area contributed by atoms with Gasteiger partial charge in [-0.1, -0.05) is 19.1 Å². The van der Waals surface area contributed by atoms with E-state index in [-0.39, 0.29) is 12.5 Å². The average molecular weight is 290 g/mol. The van der Waals surface area contributed by atoms with Crippen molar-refractivity contribution < 1.29 is 9.53 Å². The zero-order valence-electron chi connectivity index (χ0n) is 13.1. The Morgan fingerprint density at radius 1 is 1.24 bits per heavy atom. The number of amides is 1. The molecule has 0 spiro atoms. The maximum absolute atomic E-state index is 12.0. The van der Waals surface area contributed by atoms with Crippen LogP contribution in [0.5, 0.6) is 5.75 Å². The van der Waals surface area contributed by atoms with Crippen LogP contribution in [0.3, 0.4) is 0 Å². The third-order valence-electron chi connectivity index (χ3n) is 4.11. The predicted octanol–water partition coefficient (Wildman–Crippen LogP) is 2.75. The summed E-state index contributed by atoms with van der Waals surface area (Å²) in [5, 5.41) is 3.28. The topological polar surface area (TPSA) is 41.6 Å². The minimum atomic E-state index is 0.0976. The molecule has 1 aliphatic heterocycles. The van der Waals surface area contributed by atoms with E-state index in [2.05, 4.69) is 24.4 Å². The number of likely N-dealkylation sites (tertiary alicyclic amines) is 1. The molecule has 0 aliphatic carbocycles. The van der Waals surface area contributed by atoms with Crippen molar-refractivity contribution in [2.75, 3.05) is 26.7 Å². The lowest BCUT2D eigenvalue weighted by molar-refractivity contribution is -0.134. The van der Waals surface area contributed by atoms with Gasteiger partial charge in [0.1, 0.15) is 5.75 Å². The molecule has 0 bridgehead atoms. The predicted molar refractivity (Wildman–Crippen MR) is 84.5 cm³/mol. The lowest BCUT2D eigenvalue weighted by atomic mass is 10.1. The summed E-state index contributed by atoms with van der Waals surface area (Å²) in [4.78, 5) is 13.9. The van der Waals surface area contributed by atoms with Crippen LogP contribution in [0, 0.1) is 0 Å². The fraction of sp³-hybridized carbons (Fsp3) is 0.588. The van der Waals surface area contributed by atoms with Crippen LogP contribution in [0.4, 0.5) is 0 Å². The van der Waals surface area contributed by atoms with Crippen LogP contribution in [0.25, 0.3) is 0 Å². The van der Waals surface area contributed by atoms with Crippen molar-refractivity contribution in [1.82, 2.24) is 10.2 Å². The Morgan fingerprint density at radius 3 is 2.48 bits per heavy atom. The van der Waals surface area contributed by atoms with Gasteiger partial charge < -0.3 is 15.0 Å². The Hall–Kier alpha value is -1.55. The summed E-state index contributed by atoms with van der Waals surface area (Å²) in [7, 11) is 1.97. The van der Waals surface area contributed by atoms with Gasteiger partial charge in [0.25, 0.3) is 5.91 Å². The van der Waals surface area contributed by atoms with Gasteiger partial charge in [0, 0.05) is 19.1 Å². The van der Waals surface area contributed by atoms with Gasteiger partial charge in [0.05, 0.1) is 0 Å². The lowest BCUT2D eigenvalue weighted by Gasteiger charge is -2.26.